The fourth-order valence-corrected chi connectivity index (χ4v) is 1.90. The molecule has 0 N–H and O–H groups in total. The average Bonchev–Trinajstić information content (AvgIpc) is 2.46. The van der Waals surface area contributed by atoms with Gasteiger partial charge in [0.25, 0.3) is 0 Å². The first-order valence-electron chi connectivity index (χ1n) is 5.91. The number of hydrogen-bond acceptors (Lipinski definition) is 4. The molecular weight excluding hydrogens is 323 g/mol. The van der Waals surface area contributed by atoms with E-state index in [-0.39, 0.29) is 16.6 Å². The van der Waals surface area contributed by atoms with E-state index >= 15 is 0 Å². The Kier molecular flexibility index (Phi) is 4.56. The fourth-order valence-electron chi connectivity index (χ4n) is 1.76. The molecule has 0 amide bonds. The molecule has 8 heteroatoms. The van der Waals surface area contributed by atoms with E-state index in [1.54, 1.807) is 0 Å². The summed E-state index contributed by atoms with van der Waals surface area (Å²) >= 11 is 5.74. The summed E-state index contributed by atoms with van der Waals surface area (Å²) in [5.41, 5.74) is 0.827. The van der Waals surface area contributed by atoms with Gasteiger partial charge in [-0.25, -0.2) is 9.78 Å². The number of nitrogens with zero attached hydrogens (tertiary/aromatic N) is 1. The number of alkyl halides is 3. The van der Waals surface area contributed by atoms with E-state index in [2.05, 4.69) is 14.5 Å². The Morgan fingerprint density at radius 1 is 1.14 bits per heavy atom. The number of halogens is 4. The molecule has 0 fully saturated rings. The third kappa shape index (κ3) is 3.88. The third-order valence-electron chi connectivity index (χ3n) is 2.64. The van der Waals surface area contributed by atoms with Crippen molar-refractivity contribution >= 4 is 17.6 Å². The standard InChI is InChI=1S/C14H9ClF3NO3/c1-21-13(20)12-10(6-7-11(15)19-12)8-2-4-9(5-3-8)22-14(16,17)18/h2-7H,1H3. The first-order chi connectivity index (χ1) is 10.3. The topological polar surface area (TPSA) is 48.4 Å². The second kappa shape index (κ2) is 6.23. The van der Waals surface area contributed by atoms with E-state index in [1.807, 2.05) is 0 Å². The van der Waals surface area contributed by atoms with Crippen LogP contribution >= 0.6 is 11.6 Å². The first kappa shape index (κ1) is 16.1. The van der Waals surface area contributed by atoms with E-state index in [1.165, 1.54) is 31.4 Å². The largest absolute Gasteiger partial charge is 0.573 e. The van der Waals surface area contributed by atoms with Crippen LogP contribution in [0.25, 0.3) is 11.1 Å². The summed E-state index contributed by atoms with van der Waals surface area (Å²) in [7, 11) is 1.19. The van der Waals surface area contributed by atoms with Gasteiger partial charge in [0.15, 0.2) is 5.69 Å². The third-order valence-corrected chi connectivity index (χ3v) is 2.85. The molecule has 0 atom stereocenters. The maximum atomic E-state index is 12.1. The molecule has 0 saturated heterocycles. The minimum Gasteiger partial charge on any atom is -0.464 e. The highest BCUT2D eigenvalue weighted by molar-refractivity contribution is 6.29. The average molecular weight is 332 g/mol. The number of esters is 1. The molecular formula is C14H9ClF3NO3. The van der Waals surface area contributed by atoms with E-state index < -0.39 is 12.3 Å². The number of carbonyl (C=O) groups excluding carboxylic acids is 1. The Hall–Kier alpha value is -2.28. The molecule has 0 unspecified atom stereocenters. The Bertz CT molecular complexity index is 687. The molecule has 0 aliphatic carbocycles. The van der Waals surface area contributed by atoms with Gasteiger partial charge in [-0.2, -0.15) is 0 Å². The molecule has 1 aromatic heterocycles. The van der Waals surface area contributed by atoms with Gasteiger partial charge >= 0.3 is 12.3 Å². The van der Waals surface area contributed by atoms with E-state index in [4.69, 9.17) is 11.6 Å². The van der Waals surface area contributed by atoms with Crippen LogP contribution in [0.4, 0.5) is 13.2 Å². The van der Waals surface area contributed by atoms with Crippen LogP contribution in [0.1, 0.15) is 10.5 Å². The van der Waals surface area contributed by atoms with Gasteiger partial charge in [0, 0.05) is 5.56 Å². The van der Waals surface area contributed by atoms with Crippen LogP contribution in [-0.2, 0) is 4.74 Å². The van der Waals surface area contributed by atoms with Crippen LogP contribution in [-0.4, -0.2) is 24.4 Å². The number of carbonyl (C=O) groups is 1. The second-order valence-corrected chi connectivity index (χ2v) is 4.48. The Balaban J connectivity index is 2.38. The van der Waals surface area contributed by atoms with Crippen molar-refractivity contribution in [2.24, 2.45) is 0 Å². The Labute approximate surface area is 128 Å². The molecule has 116 valence electrons. The van der Waals surface area contributed by atoms with Gasteiger partial charge in [-0.3, -0.25) is 0 Å². The van der Waals surface area contributed by atoms with Crippen LogP contribution in [0.2, 0.25) is 5.15 Å². The van der Waals surface area contributed by atoms with Gasteiger partial charge in [-0.1, -0.05) is 23.7 Å². The van der Waals surface area contributed by atoms with Crippen molar-refractivity contribution in [1.82, 2.24) is 4.98 Å². The molecule has 0 aliphatic heterocycles. The summed E-state index contributed by atoms with van der Waals surface area (Å²) in [4.78, 5) is 15.6. The van der Waals surface area contributed by atoms with Crippen molar-refractivity contribution < 1.29 is 27.4 Å². The van der Waals surface area contributed by atoms with Crippen LogP contribution in [0.15, 0.2) is 36.4 Å². The first-order valence-corrected chi connectivity index (χ1v) is 6.29. The molecule has 1 aromatic carbocycles. The summed E-state index contributed by atoms with van der Waals surface area (Å²) in [6.07, 6.45) is -4.76. The molecule has 22 heavy (non-hydrogen) atoms. The van der Waals surface area contributed by atoms with Gasteiger partial charge in [0.2, 0.25) is 0 Å². The summed E-state index contributed by atoms with van der Waals surface area (Å²) in [6, 6.07) is 8.01. The predicted octanol–water partition coefficient (Wildman–Crippen LogP) is 4.09. The van der Waals surface area contributed by atoms with Crippen molar-refractivity contribution in [1.29, 1.82) is 0 Å². The zero-order valence-corrected chi connectivity index (χ0v) is 11.9. The van der Waals surface area contributed by atoms with Crippen molar-refractivity contribution in [3.63, 3.8) is 0 Å². The predicted molar refractivity (Wildman–Crippen MR) is 72.7 cm³/mol. The van der Waals surface area contributed by atoms with Gasteiger partial charge in [0.1, 0.15) is 10.9 Å². The molecule has 0 radical (unpaired) electrons. The van der Waals surface area contributed by atoms with E-state index in [0.717, 1.165) is 12.1 Å². The highest BCUT2D eigenvalue weighted by atomic mass is 35.5. The lowest BCUT2D eigenvalue weighted by molar-refractivity contribution is -0.274. The van der Waals surface area contributed by atoms with Crippen molar-refractivity contribution in [2.45, 2.75) is 6.36 Å². The van der Waals surface area contributed by atoms with Gasteiger partial charge < -0.3 is 9.47 Å². The molecule has 4 nitrogen and oxygen atoms in total. The zero-order valence-electron chi connectivity index (χ0n) is 11.1. The molecule has 2 aromatic rings. The number of methoxy groups -OCH3 is 1. The summed E-state index contributed by atoms with van der Waals surface area (Å²) < 4.78 is 44.7. The minimum absolute atomic E-state index is 0.0283. The highest BCUT2D eigenvalue weighted by Crippen LogP contribution is 2.28. The van der Waals surface area contributed by atoms with Crippen molar-refractivity contribution in [2.75, 3.05) is 7.11 Å². The van der Waals surface area contributed by atoms with Crippen molar-refractivity contribution in [3.05, 3.63) is 47.2 Å². The van der Waals surface area contributed by atoms with Crippen LogP contribution in [0.5, 0.6) is 5.75 Å². The molecule has 0 aliphatic rings. The number of pyridine rings is 1. The van der Waals surface area contributed by atoms with E-state index in [9.17, 15) is 18.0 Å². The molecule has 2 rings (SSSR count). The number of benzene rings is 1. The van der Waals surface area contributed by atoms with Crippen LogP contribution in [0.3, 0.4) is 0 Å². The Morgan fingerprint density at radius 3 is 2.32 bits per heavy atom. The number of hydrogen-bond donors (Lipinski definition) is 0. The summed E-state index contributed by atoms with van der Waals surface area (Å²) in [5.74, 6) is -1.06. The highest BCUT2D eigenvalue weighted by Gasteiger charge is 2.31. The Morgan fingerprint density at radius 2 is 1.77 bits per heavy atom. The fraction of sp³-hybridized carbons (Fsp3) is 0.143. The number of aromatic nitrogens is 1. The van der Waals surface area contributed by atoms with Gasteiger partial charge in [-0.15, -0.1) is 13.2 Å². The van der Waals surface area contributed by atoms with Crippen LogP contribution < -0.4 is 4.74 Å². The molecule has 0 saturated carbocycles. The van der Waals surface area contributed by atoms with E-state index in [0.29, 0.717) is 11.1 Å². The maximum Gasteiger partial charge on any atom is 0.573 e. The molecule has 0 spiro atoms. The molecule has 0 bridgehead atoms. The summed E-state index contributed by atoms with van der Waals surface area (Å²) in [6.45, 7) is 0. The minimum atomic E-state index is -4.76. The smallest absolute Gasteiger partial charge is 0.464 e. The summed E-state index contributed by atoms with van der Waals surface area (Å²) in [5, 5.41) is 0.0983. The van der Waals surface area contributed by atoms with Crippen LogP contribution in [0, 0.1) is 0 Å². The van der Waals surface area contributed by atoms with Crippen molar-refractivity contribution in [3.8, 4) is 16.9 Å². The maximum absolute atomic E-state index is 12.1. The second-order valence-electron chi connectivity index (χ2n) is 4.09. The zero-order chi connectivity index (χ0) is 16.3. The quantitative estimate of drug-likeness (QED) is 0.628. The lowest BCUT2D eigenvalue weighted by Crippen LogP contribution is -2.17. The lowest BCUT2D eigenvalue weighted by Gasteiger charge is -2.11. The number of ether oxygens (including phenoxy) is 2. The van der Waals surface area contributed by atoms with Gasteiger partial charge in [0.05, 0.1) is 7.11 Å². The number of rotatable bonds is 3. The molecule has 1 heterocycles. The lowest BCUT2D eigenvalue weighted by atomic mass is 10.0. The normalized spacial score (nSPS) is 11.1. The van der Waals surface area contributed by atoms with Gasteiger partial charge in [-0.05, 0) is 29.8 Å². The monoisotopic (exact) mass is 331 g/mol. The SMILES string of the molecule is COC(=O)c1nc(Cl)ccc1-c1ccc(OC(F)(F)F)cc1.